The van der Waals surface area contributed by atoms with Crippen LogP contribution in [-0.2, 0) is 6.54 Å². The fraction of sp³-hybridized carbons (Fsp3) is 0.647. The minimum Gasteiger partial charge on any atom is -0.495 e. The molecule has 0 radical (unpaired) electrons. The van der Waals surface area contributed by atoms with Crippen molar-refractivity contribution in [3.05, 3.63) is 23.8 Å². The highest BCUT2D eigenvalue weighted by molar-refractivity contribution is 5.60. The molecule has 118 valence electrons. The number of benzene rings is 1. The topological polar surface area (TPSA) is 27.7 Å². The third-order valence-electron chi connectivity index (χ3n) is 4.12. The first-order valence-corrected chi connectivity index (χ1v) is 8.01. The zero-order valence-electron chi connectivity index (χ0n) is 13.9. The molecule has 0 unspecified atom stereocenters. The maximum Gasteiger partial charge on any atom is 0.142 e. The van der Waals surface area contributed by atoms with Gasteiger partial charge in [0.1, 0.15) is 5.75 Å². The van der Waals surface area contributed by atoms with E-state index < -0.39 is 0 Å². The van der Waals surface area contributed by atoms with Crippen molar-refractivity contribution >= 4 is 5.69 Å². The third kappa shape index (κ3) is 4.35. The van der Waals surface area contributed by atoms with Gasteiger partial charge in [-0.3, -0.25) is 0 Å². The number of ether oxygens (including phenoxy) is 1. The molecule has 1 aliphatic heterocycles. The van der Waals surface area contributed by atoms with E-state index in [0.717, 1.165) is 45.0 Å². The Bertz CT molecular complexity index is 440. The largest absolute Gasteiger partial charge is 0.495 e. The summed E-state index contributed by atoms with van der Waals surface area (Å²) in [5.41, 5.74) is 2.50. The summed E-state index contributed by atoms with van der Waals surface area (Å²) in [4.78, 5) is 4.93. The van der Waals surface area contributed by atoms with Gasteiger partial charge in [-0.1, -0.05) is 26.8 Å². The van der Waals surface area contributed by atoms with Gasteiger partial charge in [0.15, 0.2) is 0 Å². The van der Waals surface area contributed by atoms with Crippen molar-refractivity contribution < 1.29 is 4.74 Å². The molecular formula is C17H29N3O. The maximum absolute atomic E-state index is 5.62. The van der Waals surface area contributed by atoms with Crippen molar-refractivity contribution in [2.24, 2.45) is 0 Å². The van der Waals surface area contributed by atoms with Crippen LogP contribution in [0, 0.1) is 0 Å². The van der Waals surface area contributed by atoms with Crippen molar-refractivity contribution in [2.45, 2.75) is 33.4 Å². The molecule has 0 bridgehead atoms. The Labute approximate surface area is 129 Å². The minimum atomic E-state index is 0.498. The Morgan fingerprint density at radius 2 is 1.90 bits per heavy atom. The van der Waals surface area contributed by atoms with Crippen LogP contribution in [0.2, 0.25) is 0 Å². The summed E-state index contributed by atoms with van der Waals surface area (Å²) in [5.74, 6) is 0.989. The minimum absolute atomic E-state index is 0.498. The quantitative estimate of drug-likeness (QED) is 0.870. The first-order chi connectivity index (χ1) is 10.1. The Morgan fingerprint density at radius 3 is 2.48 bits per heavy atom. The molecule has 0 aliphatic carbocycles. The molecule has 4 heteroatoms. The lowest BCUT2D eigenvalue weighted by Crippen LogP contribution is -2.46. The molecule has 1 heterocycles. The highest BCUT2D eigenvalue weighted by atomic mass is 16.5. The van der Waals surface area contributed by atoms with E-state index in [1.807, 2.05) is 0 Å². The van der Waals surface area contributed by atoms with Gasteiger partial charge in [0.05, 0.1) is 12.8 Å². The SMILES string of the molecule is CCN1CCN(c2ccc(CNC(C)C)cc2OC)CC1. The van der Waals surface area contributed by atoms with Gasteiger partial charge in [0.2, 0.25) is 0 Å². The van der Waals surface area contributed by atoms with E-state index in [-0.39, 0.29) is 0 Å². The molecule has 1 fully saturated rings. The fourth-order valence-electron chi connectivity index (χ4n) is 2.72. The Balaban J connectivity index is 2.06. The summed E-state index contributed by atoms with van der Waals surface area (Å²) in [6, 6.07) is 7.08. The lowest BCUT2D eigenvalue weighted by atomic mass is 10.1. The summed E-state index contributed by atoms with van der Waals surface area (Å²) in [6.45, 7) is 13.0. The smallest absolute Gasteiger partial charge is 0.142 e. The first-order valence-electron chi connectivity index (χ1n) is 8.01. The Morgan fingerprint density at radius 1 is 1.19 bits per heavy atom. The lowest BCUT2D eigenvalue weighted by molar-refractivity contribution is 0.270. The van der Waals surface area contributed by atoms with E-state index in [1.165, 1.54) is 11.3 Å². The van der Waals surface area contributed by atoms with Crippen molar-refractivity contribution in [1.29, 1.82) is 0 Å². The van der Waals surface area contributed by atoms with E-state index in [1.54, 1.807) is 7.11 Å². The molecule has 0 atom stereocenters. The molecule has 0 aromatic heterocycles. The zero-order chi connectivity index (χ0) is 15.2. The number of nitrogens with one attached hydrogen (secondary N) is 1. The molecule has 21 heavy (non-hydrogen) atoms. The van der Waals surface area contributed by atoms with Gasteiger partial charge in [-0.15, -0.1) is 0 Å². The van der Waals surface area contributed by atoms with Crippen molar-refractivity contribution in [1.82, 2.24) is 10.2 Å². The summed E-state index contributed by atoms with van der Waals surface area (Å²) < 4.78 is 5.62. The maximum atomic E-state index is 5.62. The van der Waals surface area contributed by atoms with Crippen molar-refractivity contribution in [3.8, 4) is 5.75 Å². The molecule has 2 rings (SSSR count). The zero-order valence-corrected chi connectivity index (χ0v) is 13.9. The normalized spacial score (nSPS) is 16.5. The van der Waals surface area contributed by atoms with Crippen LogP contribution in [0.5, 0.6) is 5.75 Å². The molecule has 1 aliphatic rings. The summed E-state index contributed by atoms with van der Waals surface area (Å²) in [7, 11) is 1.76. The number of likely N-dealkylation sites (N-methyl/N-ethyl adjacent to an activating group) is 1. The second-order valence-corrected chi connectivity index (χ2v) is 5.96. The van der Waals surface area contributed by atoms with Crippen LogP contribution in [0.1, 0.15) is 26.3 Å². The van der Waals surface area contributed by atoms with Gasteiger partial charge >= 0.3 is 0 Å². The van der Waals surface area contributed by atoms with E-state index in [0.29, 0.717) is 6.04 Å². The van der Waals surface area contributed by atoms with Crippen LogP contribution >= 0.6 is 0 Å². The molecular weight excluding hydrogens is 262 g/mol. The van der Waals surface area contributed by atoms with Gasteiger partial charge in [-0.05, 0) is 24.2 Å². The molecule has 0 amide bonds. The fourth-order valence-corrected chi connectivity index (χ4v) is 2.72. The molecule has 1 aromatic carbocycles. The predicted octanol–water partition coefficient (Wildman–Crippen LogP) is 2.34. The standard InChI is InChI=1S/C17H29N3O/c1-5-19-8-10-20(11-9-19)16-7-6-15(12-17(16)21-4)13-18-14(2)3/h6-7,12,14,18H,5,8-11,13H2,1-4H3. The molecule has 1 N–H and O–H groups in total. The third-order valence-corrected chi connectivity index (χ3v) is 4.12. The highest BCUT2D eigenvalue weighted by Crippen LogP contribution is 2.30. The van der Waals surface area contributed by atoms with E-state index in [4.69, 9.17) is 4.74 Å². The van der Waals surface area contributed by atoms with Crippen molar-refractivity contribution in [3.63, 3.8) is 0 Å². The molecule has 0 saturated carbocycles. The molecule has 4 nitrogen and oxygen atoms in total. The highest BCUT2D eigenvalue weighted by Gasteiger charge is 2.18. The summed E-state index contributed by atoms with van der Waals surface area (Å²) >= 11 is 0. The average Bonchev–Trinajstić information content (AvgIpc) is 2.52. The van der Waals surface area contributed by atoms with Crippen LogP contribution in [0.3, 0.4) is 0 Å². The average molecular weight is 291 g/mol. The van der Waals surface area contributed by atoms with E-state index >= 15 is 0 Å². The molecule has 1 saturated heterocycles. The van der Waals surface area contributed by atoms with Gasteiger partial charge in [0, 0.05) is 38.8 Å². The number of piperazine rings is 1. The number of rotatable bonds is 6. The predicted molar refractivity (Wildman–Crippen MR) is 89.3 cm³/mol. The second kappa shape index (κ2) is 7.66. The van der Waals surface area contributed by atoms with Gasteiger partial charge in [0.25, 0.3) is 0 Å². The summed E-state index contributed by atoms with van der Waals surface area (Å²) in [5, 5.41) is 3.45. The van der Waals surface area contributed by atoms with Crippen LogP contribution in [0.25, 0.3) is 0 Å². The lowest BCUT2D eigenvalue weighted by Gasteiger charge is -2.36. The van der Waals surface area contributed by atoms with Crippen molar-refractivity contribution in [2.75, 3.05) is 44.7 Å². The van der Waals surface area contributed by atoms with Gasteiger partial charge in [-0.2, -0.15) is 0 Å². The monoisotopic (exact) mass is 291 g/mol. The van der Waals surface area contributed by atoms with Crippen LogP contribution in [0.15, 0.2) is 18.2 Å². The molecule has 0 spiro atoms. The Hall–Kier alpha value is -1.26. The van der Waals surface area contributed by atoms with Crippen LogP contribution in [-0.4, -0.2) is 50.8 Å². The number of anilines is 1. The number of hydrogen-bond donors (Lipinski definition) is 1. The van der Waals surface area contributed by atoms with Gasteiger partial charge < -0.3 is 19.9 Å². The number of methoxy groups -OCH3 is 1. The van der Waals surface area contributed by atoms with Gasteiger partial charge in [-0.25, -0.2) is 0 Å². The second-order valence-electron chi connectivity index (χ2n) is 5.96. The Kier molecular flexibility index (Phi) is 5.88. The van der Waals surface area contributed by atoms with E-state index in [9.17, 15) is 0 Å². The first kappa shape index (κ1) is 16.1. The molecule has 1 aromatic rings. The number of nitrogens with zero attached hydrogens (tertiary/aromatic N) is 2. The van der Waals surface area contributed by atoms with E-state index in [2.05, 4.69) is 54.1 Å². The van der Waals surface area contributed by atoms with Crippen LogP contribution < -0.4 is 15.0 Å². The number of hydrogen-bond acceptors (Lipinski definition) is 4. The summed E-state index contributed by atoms with van der Waals surface area (Å²) in [6.07, 6.45) is 0. The van der Waals surface area contributed by atoms with Crippen LogP contribution in [0.4, 0.5) is 5.69 Å².